The Hall–Kier alpha value is -3.75. The molecular formula is C21H9F6N3. The van der Waals surface area contributed by atoms with E-state index in [4.69, 9.17) is 0 Å². The van der Waals surface area contributed by atoms with Crippen LogP contribution in [0.1, 0.15) is 0 Å². The zero-order valence-electron chi connectivity index (χ0n) is 14.8. The zero-order chi connectivity index (χ0) is 21.4. The number of hydrogen-bond donors (Lipinski definition) is 0. The molecule has 0 N–H and O–H groups in total. The Morgan fingerprint density at radius 1 is 0.433 bits per heavy atom. The molecule has 0 aliphatic rings. The molecule has 0 aliphatic heterocycles. The number of rotatable bonds is 3. The van der Waals surface area contributed by atoms with Gasteiger partial charge in [0.25, 0.3) is 0 Å². The smallest absolute Gasteiger partial charge is 0.194 e. The van der Waals surface area contributed by atoms with Crippen LogP contribution in [0, 0.1) is 34.9 Å². The lowest BCUT2D eigenvalue weighted by molar-refractivity contribution is 0.447. The molecule has 4 rings (SSSR count). The molecule has 0 atom stereocenters. The van der Waals surface area contributed by atoms with Gasteiger partial charge in [0.1, 0.15) is 0 Å². The predicted molar refractivity (Wildman–Crippen MR) is 95.9 cm³/mol. The van der Waals surface area contributed by atoms with E-state index in [2.05, 4.69) is 15.0 Å². The first-order valence-electron chi connectivity index (χ1n) is 8.45. The summed E-state index contributed by atoms with van der Waals surface area (Å²) in [4.78, 5) is 12.3. The molecule has 0 saturated carbocycles. The summed E-state index contributed by atoms with van der Waals surface area (Å²) in [5.74, 6) is -9.73. The van der Waals surface area contributed by atoms with Crippen molar-refractivity contribution in [3.8, 4) is 34.2 Å². The molecule has 150 valence electrons. The van der Waals surface area contributed by atoms with Crippen LogP contribution in [0.2, 0.25) is 0 Å². The molecule has 0 amide bonds. The first-order valence-corrected chi connectivity index (χ1v) is 8.45. The standard InChI is InChI=1S/C21H9F6N3/c22-13-6-11(7-14(23)17(13)26)20-28-19(10-4-2-1-3-5-10)29-21(30-20)12-8-15(24)18(27)16(25)9-12/h1-9H. The van der Waals surface area contributed by atoms with Gasteiger partial charge in [-0.05, 0) is 24.3 Å². The van der Waals surface area contributed by atoms with Crippen LogP contribution in [-0.4, -0.2) is 15.0 Å². The van der Waals surface area contributed by atoms with Gasteiger partial charge in [-0.2, -0.15) is 0 Å². The predicted octanol–water partition coefficient (Wildman–Crippen LogP) is 5.71. The third-order valence-corrected chi connectivity index (χ3v) is 4.15. The van der Waals surface area contributed by atoms with Crippen molar-refractivity contribution >= 4 is 0 Å². The van der Waals surface area contributed by atoms with E-state index in [1.165, 1.54) is 0 Å². The van der Waals surface area contributed by atoms with Gasteiger partial charge in [-0.3, -0.25) is 0 Å². The van der Waals surface area contributed by atoms with Crippen LogP contribution in [0.4, 0.5) is 26.3 Å². The van der Waals surface area contributed by atoms with E-state index >= 15 is 0 Å². The highest BCUT2D eigenvalue weighted by molar-refractivity contribution is 5.66. The third kappa shape index (κ3) is 3.61. The lowest BCUT2D eigenvalue weighted by Crippen LogP contribution is -2.02. The summed E-state index contributed by atoms with van der Waals surface area (Å²) in [7, 11) is 0. The molecule has 0 radical (unpaired) electrons. The van der Waals surface area contributed by atoms with Gasteiger partial charge in [0, 0.05) is 16.7 Å². The normalized spacial score (nSPS) is 11.0. The molecular weight excluding hydrogens is 408 g/mol. The fourth-order valence-electron chi connectivity index (χ4n) is 2.72. The minimum Gasteiger partial charge on any atom is -0.208 e. The second-order valence-corrected chi connectivity index (χ2v) is 6.18. The van der Waals surface area contributed by atoms with E-state index in [0.29, 0.717) is 29.8 Å². The second-order valence-electron chi connectivity index (χ2n) is 6.18. The molecule has 3 nitrogen and oxygen atoms in total. The highest BCUT2D eigenvalue weighted by Crippen LogP contribution is 2.27. The lowest BCUT2D eigenvalue weighted by atomic mass is 10.1. The van der Waals surface area contributed by atoms with Gasteiger partial charge < -0.3 is 0 Å². The minimum atomic E-state index is -1.67. The number of benzene rings is 3. The maximum atomic E-state index is 13.7. The van der Waals surface area contributed by atoms with Crippen LogP contribution in [0.15, 0.2) is 54.6 Å². The SMILES string of the molecule is Fc1cc(-c2nc(-c3ccccc3)nc(-c3cc(F)c(F)c(F)c3)n2)cc(F)c1F. The Morgan fingerprint density at radius 2 is 0.767 bits per heavy atom. The average Bonchev–Trinajstić information content (AvgIpc) is 2.75. The van der Waals surface area contributed by atoms with Crippen molar-refractivity contribution in [1.29, 1.82) is 0 Å². The fourth-order valence-corrected chi connectivity index (χ4v) is 2.72. The molecule has 30 heavy (non-hydrogen) atoms. The minimum absolute atomic E-state index is 0.0193. The van der Waals surface area contributed by atoms with Crippen LogP contribution in [0.25, 0.3) is 34.2 Å². The van der Waals surface area contributed by atoms with Gasteiger partial charge in [0.2, 0.25) is 0 Å². The molecule has 1 heterocycles. The van der Waals surface area contributed by atoms with Gasteiger partial charge in [0.05, 0.1) is 0 Å². The Bertz CT molecular complexity index is 1140. The summed E-state index contributed by atoms with van der Waals surface area (Å²) < 4.78 is 81.4. The van der Waals surface area contributed by atoms with Gasteiger partial charge >= 0.3 is 0 Å². The zero-order valence-corrected chi connectivity index (χ0v) is 14.8. The third-order valence-electron chi connectivity index (χ3n) is 4.15. The molecule has 0 saturated heterocycles. The van der Waals surface area contributed by atoms with Crippen LogP contribution < -0.4 is 0 Å². The van der Waals surface area contributed by atoms with Crippen molar-refractivity contribution in [3.05, 3.63) is 89.5 Å². The molecule has 0 bridgehead atoms. The van der Waals surface area contributed by atoms with Crippen molar-refractivity contribution in [2.45, 2.75) is 0 Å². The van der Waals surface area contributed by atoms with Crippen molar-refractivity contribution in [2.24, 2.45) is 0 Å². The average molecular weight is 417 g/mol. The quantitative estimate of drug-likeness (QED) is 0.317. The molecule has 1 aromatic heterocycles. The molecule has 9 heteroatoms. The largest absolute Gasteiger partial charge is 0.208 e. The van der Waals surface area contributed by atoms with Crippen molar-refractivity contribution in [2.75, 3.05) is 0 Å². The van der Waals surface area contributed by atoms with Crippen molar-refractivity contribution < 1.29 is 26.3 Å². The summed E-state index contributed by atoms with van der Waals surface area (Å²) in [6, 6.07) is 11.0. The van der Waals surface area contributed by atoms with Gasteiger partial charge in [-0.1, -0.05) is 30.3 Å². The van der Waals surface area contributed by atoms with E-state index in [-0.39, 0.29) is 28.6 Å². The van der Waals surface area contributed by atoms with E-state index in [0.717, 1.165) is 0 Å². The Labute approximate surface area is 165 Å². The number of aromatic nitrogens is 3. The molecule has 3 aromatic carbocycles. The van der Waals surface area contributed by atoms with E-state index < -0.39 is 34.9 Å². The second kappa shape index (κ2) is 7.58. The maximum absolute atomic E-state index is 13.7. The Morgan fingerprint density at radius 3 is 1.13 bits per heavy atom. The summed E-state index contributed by atoms with van der Waals surface area (Å²) in [5.41, 5.74) is 0.0130. The van der Waals surface area contributed by atoms with Crippen molar-refractivity contribution in [3.63, 3.8) is 0 Å². The highest BCUT2D eigenvalue weighted by Gasteiger charge is 2.18. The van der Waals surface area contributed by atoms with Gasteiger partial charge in [0.15, 0.2) is 52.4 Å². The molecule has 0 unspecified atom stereocenters. The molecule has 0 aliphatic carbocycles. The first-order chi connectivity index (χ1) is 14.3. The highest BCUT2D eigenvalue weighted by atomic mass is 19.2. The lowest BCUT2D eigenvalue weighted by Gasteiger charge is -2.09. The van der Waals surface area contributed by atoms with Crippen LogP contribution >= 0.6 is 0 Å². The van der Waals surface area contributed by atoms with Crippen LogP contribution in [-0.2, 0) is 0 Å². The monoisotopic (exact) mass is 417 g/mol. The summed E-state index contributed by atoms with van der Waals surface area (Å²) in [6.07, 6.45) is 0. The number of hydrogen-bond acceptors (Lipinski definition) is 3. The van der Waals surface area contributed by atoms with E-state index in [1.807, 2.05) is 0 Å². The Kier molecular flexibility index (Phi) is 4.94. The molecule has 0 spiro atoms. The molecule has 4 aromatic rings. The fraction of sp³-hybridized carbons (Fsp3) is 0. The van der Waals surface area contributed by atoms with Gasteiger partial charge in [-0.15, -0.1) is 0 Å². The topological polar surface area (TPSA) is 38.7 Å². The maximum Gasteiger partial charge on any atom is 0.194 e. The Balaban J connectivity index is 1.96. The number of halogens is 6. The van der Waals surface area contributed by atoms with E-state index in [9.17, 15) is 26.3 Å². The van der Waals surface area contributed by atoms with Crippen LogP contribution in [0.3, 0.4) is 0 Å². The summed E-state index contributed by atoms with van der Waals surface area (Å²) in [6.45, 7) is 0. The van der Waals surface area contributed by atoms with Crippen molar-refractivity contribution in [1.82, 2.24) is 15.0 Å². The summed E-state index contributed by atoms with van der Waals surface area (Å²) >= 11 is 0. The summed E-state index contributed by atoms with van der Waals surface area (Å²) in [5, 5.41) is 0. The molecule has 0 fully saturated rings. The first kappa shape index (κ1) is 19.6. The van der Waals surface area contributed by atoms with Gasteiger partial charge in [-0.25, -0.2) is 41.3 Å². The van der Waals surface area contributed by atoms with E-state index in [1.54, 1.807) is 30.3 Å². The van der Waals surface area contributed by atoms with Crippen LogP contribution in [0.5, 0.6) is 0 Å². The number of nitrogens with zero attached hydrogens (tertiary/aromatic N) is 3.